The fraction of sp³-hybridized carbons (Fsp3) is 0.533. The lowest BCUT2D eigenvalue weighted by atomic mass is 9.91. The van der Waals surface area contributed by atoms with E-state index < -0.39 is 0 Å². The second kappa shape index (κ2) is 5.19. The Morgan fingerprint density at radius 1 is 1.11 bits per heavy atom. The zero-order valence-corrected chi connectivity index (χ0v) is 12.6. The number of carbonyl (C=O) groups is 1. The van der Waals surface area contributed by atoms with Gasteiger partial charge in [-0.2, -0.15) is 0 Å². The molecule has 3 heteroatoms. The molecule has 1 saturated heterocycles. The number of halogens is 1. The summed E-state index contributed by atoms with van der Waals surface area (Å²) in [6, 6.07) is 8.48. The molecule has 1 saturated carbocycles. The molecule has 0 radical (unpaired) electrons. The van der Waals surface area contributed by atoms with E-state index in [1.165, 1.54) is 35.7 Å². The zero-order chi connectivity index (χ0) is 12.5. The topological polar surface area (TPSA) is 20.3 Å². The Morgan fingerprint density at radius 2 is 1.83 bits per heavy atom. The van der Waals surface area contributed by atoms with Gasteiger partial charge in [-0.25, -0.2) is 0 Å². The summed E-state index contributed by atoms with van der Waals surface area (Å²) in [6.07, 6.45) is 6.33. The predicted molar refractivity (Wildman–Crippen MR) is 80.6 cm³/mol. The molecule has 1 heterocycles. The first kappa shape index (κ1) is 12.5. The molecule has 1 aromatic carbocycles. The highest BCUT2D eigenvalue weighted by atomic mass is 127. The van der Waals surface area contributed by atoms with Crippen molar-refractivity contribution in [2.75, 3.05) is 6.54 Å². The lowest BCUT2D eigenvalue weighted by molar-refractivity contribution is 0.0548. The van der Waals surface area contributed by atoms with Crippen LogP contribution in [0.1, 0.15) is 42.5 Å². The van der Waals surface area contributed by atoms with E-state index >= 15 is 0 Å². The molecule has 18 heavy (non-hydrogen) atoms. The summed E-state index contributed by atoms with van der Waals surface area (Å²) in [6.45, 7) is 0.950. The Balaban J connectivity index is 1.81. The fourth-order valence-corrected chi connectivity index (χ4v) is 3.82. The van der Waals surface area contributed by atoms with Crippen LogP contribution in [0, 0.1) is 9.49 Å². The first-order valence-electron chi connectivity index (χ1n) is 6.82. The molecule has 3 rings (SSSR count). The Morgan fingerprint density at radius 3 is 2.61 bits per heavy atom. The van der Waals surface area contributed by atoms with E-state index in [-0.39, 0.29) is 5.91 Å². The van der Waals surface area contributed by atoms with Gasteiger partial charge in [0.1, 0.15) is 0 Å². The van der Waals surface area contributed by atoms with Gasteiger partial charge in [0.25, 0.3) is 5.91 Å². The molecule has 2 aliphatic rings. The second-order valence-electron chi connectivity index (χ2n) is 5.41. The molecule has 2 unspecified atom stereocenters. The Labute approximate surface area is 122 Å². The number of hydrogen-bond donors (Lipinski definition) is 0. The smallest absolute Gasteiger partial charge is 0.254 e. The summed E-state index contributed by atoms with van der Waals surface area (Å²) >= 11 is 2.27. The van der Waals surface area contributed by atoms with E-state index in [0.717, 1.165) is 18.0 Å². The lowest BCUT2D eigenvalue weighted by Gasteiger charge is -2.37. The third kappa shape index (κ3) is 2.29. The number of likely N-dealkylation sites (tertiary alicyclic amines) is 1. The van der Waals surface area contributed by atoms with Gasteiger partial charge >= 0.3 is 0 Å². The van der Waals surface area contributed by atoms with Crippen molar-refractivity contribution in [2.45, 2.75) is 38.1 Å². The van der Waals surface area contributed by atoms with Crippen molar-refractivity contribution in [3.05, 3.63) is 33.4 Å². The van der Waals surface area contributed by atoms with Crippen LogP contribution in [0.2, 0.25) is 0 Å². The van der Waals surface area contributed by atoms with Crippen molar-refractivity contribution in [3.63, 3.8) is 0 Å². The van der Waals surface area contributed by atoms with Gasteiger partial charge in [-0.3, -0.25) is 4.79 Å². The zero-order valence-electron chi connectivity index (χ0n) is 10.4. The molecule has 0 aromatic heterocycles. The SMILES string of the molecule is O=C(c1ccc(I)cc1)N1CCCC2CCCC21. The highest BCUT2D eigenvalue weighted by molar-refractivity contribution is 14.1. The van der Waals surface area contributed by atoms with Gasteiger partial charge in [0.05, 0.1) is 0 Å². The number of fused-ring (bicyclic) bond motifs is 1. The normalized spacial score (nSPS) is 27.1. The van der Waals surface area contributed by atoms with Crippen LogP contribution < -0.4 is 0 Å². The van der Waals surface area contributed by atoms with Crippen LogP contribution in [-0.4, -0.2) is 23.4 Å². The molecule has 2 atom stereocenters. The van der Waals surface area contributed by atoms with Crippen molar-refractivity contribution >= 4 is 28.5 Å². The van der Waals surface area contributed by atoms with Gasteiger partial charge in [0, 0.05) is 21.7 Å². The first-order valence-corrected chi connectivity index (χ1v) is 7.90. The number of piperidine rings is 1. The van der Waals surface area contributed by atoms with Crippen LogP contribution in [0.4, 0.5) is 0 Å². The minimum absolute atomic E-state index is 0.239. The third-order valence-corrected chi connectivity index (χ3v) is 5.06. The number of carbonyl (C=O) groups excluding carboxylic acids is 1. The van der Waals surface area contributed by atoms with Crippen LogP contribution in [0.25, 0.3) is 0 Å². The van der Waals surface area contributed by atoms with Crippen molar-refractivity contribution in [2.24, 2.45) is 5.92 Å². The average molecular weight is 355 g/mol. The number of amides is 1. The highest BCUT2D eigenvalue weighted by Gasteiger charge is 2.37. The maximum absolute atomic E-state index is 12.6. The van der Waals surface area contributed by atoms with Crippen LogP contribution >= 0.6 is 22.6 Å². The van der Waals surface area contributed by atoms with E-state index in [0.29, 0.717) is 6.04 Å². The minimum Gasteiger partial charge on any atom is -0.335 e. The monoisotopic (exact) mass is 355 g/mol. The van der Waals surface area contributed by atoms with Gasteiger partial charge in [-0.05, 0) is 78.5 Å². The van der Waals surface area contributed by atoms with Gasteiger partial charge in [-0.1, -0.05) is 6.42 Å². The molecule has 2 nitrogen and oxygen atoms in total. The van der Waals surface area contributed by atoms with Gasteiger partial charge in [-0.15, -0.1) is 0 Å². The Hall–Kier alpha value is -0.580. The van der Waals surface area contributed by atoms with E-state index in [1.807, 2.05) is 24.3 Å². The molecule has 1 aliphatic heterocycles. The average Bonchev–Trinajstić information content (AvgIpc) is 2.87. The molecular formula is C15H18INO. The number of rotatable bonds is 1. The second-order valence-corrected chi connectivity index (χ2v) is 6.65. The van der Waals surface area contributed by atoms with Crippen LogP contribution in [0.15, 0.2) is 24.3 Å². The molecule has 96 valence electrons. The van der Waals surface area contributed by atoms with E-state index in [2.05, 4.69) is 27.5 Å². The summed E-state index contributed by atoms with van der Waals surface area (Å²) in [5.41, 5.74) is 0.850. The highest BCUT2D eigenvalue weighted by Crippen LogP contribution is 2.37. The van der Waals surface area contributed by atoms with Crippen molar-refractivity contribution < 1.29 is 4.79 Å². The maximum atomic E-state index is 12.6. The summed E-state index contributed by atoms with van der Waals surface area (Å²) in [5, 5.41) is 0. The van der Waals surface area contributed by atoms with Crippen molar-refractivity contribution in [1.29, 1.82) is 0 Å². The van der Waals surface area contributed by atoms with Crippen LogP contribution in [-0.2, 0) is 0 Å². The number of hydrogen-bond acceptors (Lipinski definition) is 1. The van der Waals surface area contributed by atoms with Crippen molar-refractivity contribution in [1.82, 2.24) is 4.90 Å². The van der Waals surface area contributed by atoms with E-state index in [9.17, 15) is 4.79 Å². The van der Waals surface area contributed by atoms with Gasteiger partial charge < -0.3 is 4.90 Å². The Bertz CT molecular complexity index is 442. The largest absolute Gasteiger partial charge is 0.335 e. The summed E-state index contributed by atoms with van der Waals surface area (Å²) in [5.74, 6) is 1.01. The molecule has 0 spiro atoms. The van der Waals surface area contributed by atoms with Gasteiger partial charge in [0.2, 0.25) is 0 Å². The van der Waals surface area contributed by atoms with E-state index in [1.54, 1.807) is 0 Å². The summed E-state index contributed by atoms with van der Waals surface area (Å²) < 4.78 is 1.18. The summed E-state index contributed by atoms with van der Waals surface area (Å²) in [7, 11) is 0. The predicted octanol–water partition coefficient (Wildman–Crippen LogP) is 3.70. The van der Waals surface area contributed by atoms with E-state index in [4.69, 9.17) is 0 Å². The lowest BCUT2D eigenvalue weighted by Crippen LogP contribution is -2.46. The van der Waals surface area contributed by atoms with Gasteiger partial charge in [0.15, 0.2) is 0 Å². The molecule has 2 fully saturated rings. The van der Waals surface area contributed by atoms with Crippen LogP contribution in [0.5, 0.6) is 0 Å². The fourth-order valence-electron chi connectivity index (χ4n) is 3.46. The molecule has 1 aliphatic carbocycles. The molecule has 1 amide bonds. The first-order chi connectivity index (χ1) is 8.75. The molecule has 0 bridgehead atoms. The third-order valence-electron chi connectivity index (χ3n) is 4.35. The standard InChI is InChI=1S/C15H18INO/c16-13-8-6-12(7-9-13)15(18)17-10-2-4-11-3-1-5-14(11)17/h6-9,11,14H,1-5,10H2. The minimum atomic E-state index is 0.239. The Kier molecular flexibility index (Phi) is 3.59. The molecule has 0 N–H and O–H groups in total. The molecule has 1 aromatic rings. The summed E-state index contributed by atoms with van der Waals surface area (Å²) in [4.78, 5) is 14.7. The quantitative estimate of drug-likeness (QED) is 0.704. The van der Waals surface area contributed by atoms with Crippen molar-refractivity contribution in [3.8, 4) is 0 Å². The van der Waals surface area contributed by atoms with Crippen LogP contribution in [0.3, 0.4) is 0 Å². The number of benzene rings is 1. The number of nitrogens with zero attached hydrogens (tertiary/aromatic N) is 1. The maximum Gasteiger partial charge on any atom is 0.254 e. The molecular weight excluding hydrogens is 337 g/mol.